The molecule has 6 rings (SSSR count). The van der Waals surface area contributed by atoms with E-state index in [1.807, 2.05) is 6.07 Å². The molecule has 0 radical (unpaired) electrons. The van der Waals surface area contributed by atoms with Crippen LogP contribution in [0.25, 0.3) is 16.8 Å². The second-order valence-electron chi connectivity index (χ2n) is 12.1. The Labute approximate surface area is 265 Å². The normalized spacial score (nSPS) is 21.2. The summed E-state index contributed by atoms with van der Waals surface area (Å²) < 4.78 is 43.1. The minimum atomic E-state index is -0.997. The molecule has 0 aliphatic carbocycles. The van der Waals surface area contributed by atoms with Gasteiger partial charge >= 0.3 is 6.09 Å². The average Bonchev–Trinajstić information content (AvgIpc) is 3.45. The van der Waals surface area contributed by atoms with E-state index in [1.54, 1.807) is 47.2 Å². The highest BCUT2D eigenvalue weighted by molar-refractivity contribution is 5.68. The summed E-state index contributed by atoms with van der Waals surface area (Å²) in [5, 5.41) is 14.5. The van der Waals surface area contributed by atoms with Gasteiger partial charge in [0.1, 0.15) is 17.5 Å². The number of pyridine rings is 1. The van der Waals surface area contributed by atoms with Gasteiger partial charge in [0.05, 0.1) is 47.6 Å². The molecule has 4 aromatic rings. The lowest BCUT2D eigenvalue weighted by atomic mass is 9.75. The monoisotopic (exact) mass is 630 g/mol. The van der Waals surface area contributed by atoms with Crippen molar-refractivity contribution in [3.05, 3.63) is 77.5 Å². The molecule has 2 aliphatic heterocycles. The molecule has 3 atom stereocenters. The maximum absolute atomic E-state index is 15.6. The third-order valence-corrected chi connectivity index (χ3v) is 9.30. The fraction of sp³-hybridized carbons (Fsp3) is 0.424. The minimum Gasteiger partial charge on any atom is -0.453 e. The third kappa shape index (κ3) is 5.63. The largest absolute Gasteiger partial charge is 0.453 e. The number of carbonyl (C=O) groups is 1. The van der Waals surface area contributed by atoms with Gasteiger partial charge in [-0.2, -0.15) is 10.4 Å². The predicted molar refractivity (Wildman–Crippen MR) is 166 cm³/mol. The molecule has 1 amide bonds. The number of imidazole rings is 1. The fourth-order valence-electron chi connectivity index (χ4n) is 6.95. The van der Waals surface area contributed by atoms with Gasteiger partial charge in [-0.05, 0) is 54.7 Å². The number of nitriles is 1. The van der Waals surface area contributed by atoms with Crippen molar-refractivity contribution in [1.29, 1.82) is 5.26 Å². The molecular weight excluding hydrogens is 594 g/mol. The van der Waals surface area contributed by atoms with Gasteiger partial charge in [0.25, 0.3) is 0 Å². The number of fused-ring (bicyclic) bond motifs is 1. The number of benzene rings is 1. The zero-order valence-corrected chi connectivity index (χ0v) is 26.0. The summed E-state index contributed by atoms with van der Waals surface area (Å²) in [4.78, 5) is 24.9. The Hall–Kier alpha value is -4.67. The summed E-state index contributed by atoms with van der Waals surface area (Å²) in [6.45, 7) is 3.92. The number of likely N-dealkylation sites (N-methyl/N-ethyl adjacent to an activating group) is 1. The molecule has 2 saturated heterocycles. The van der Waals surface area contributed by atoms with Crippen molar-refractivity contribution in [2.45, 2.75) is 43.7 Å². The van der Waals surface area contributed by atoms with Crippen molar-refractivity contribution in [2.75, 3.05) is 45.4 Å². The quantitative estimate of drug-likeness (QED) is 0.334. The number of hydrogen-bond donors (Lipinski definition) is 1. The van der Waals surface area contributed by atoms with Crippen LogP contribution in [-0.2, 0) is 21.3 Å². The van der Waals surface area contributed by atoms with Gasteiger partial charge in [-0.25, -0.2) is 23.1 Å². The minimum absolute atomic E-state index is 0.0519. The zero-order chi connectivity index (χ0) is 32.6. The lowest BCUT2D eigenvalue weighted by molar-refractivity contribution is 0.0673. The van der Waals surface area contributed by atoms with E-state index >= 15 is 8.78 Å². The summed E-state index contributed by atoms with van der Waals surface area (Å²) >= 11 is 0. The van der Waals surface area contributed by atoms with E-state index in [-0.39, 0.29) is 29.3 Å². The first-order valence-corrected chi connectivity index (χ1v) is 15.2. The van der Waals surface area contributed by atoms with Crippen LogP contribution < -0.4 is 10.6 Å². The van der Waals surface area contributed by atoms with Crippen LogP contribution in [0.5, 0.6) is 0 Å². The molecule has 3 aromatic heterocycles. The van der Waals surface area contributed by atoms with Gasteiger partial charge in [0.2, 0.25) is 0 Å². The second kappa shape index (κ2) is 12.6. The first-order chi connectivity index (χ1) is 22.2. The van der Waals surface area contributed by atoms with Crippen LogP contribution in [0.15, 0.2) is 48.9 Å². The van der Waals surface area contributed by atoms with Crippen LogP contribution >= 0.6 is 0 Å². The maximum Gasteiger partial charge on any atom is 0.409 e. The van der Waals surface area contributed by atoms with E-state index in [4.69, 9.17) is 15.2 Å². The molecule has 2 aliphatic rings. The van der Waals surface area contributed by atoms with Crippen LogP contribution in [0.3, 0.4) is 0 Å². The second-order valence-corrected chi connectivity index (χ2v) is 12.1. The number of halogens is 2. The number of nitrogens with zero attached hydrogens (tertiary/aromatic N) is 7. The van der Waals surface area contributed by atoms with E-state index in [2.05, 4.69) is 33.0 Å². The van der Waals surface area contributed by atoms with E-state index in [0.717, 1.165) is 11.3 Å². The molecule has 13 heteroatoms. The summed E-state index contributed by atoms with van der Waals surface area (Å²) in [5.41, 5.74) is 8.21. The average molecular weight is 631 g/mol. The molecule has 46 heavy (non-hydrogen) atoms. The Balaban J connectivity index is 1.29. The maximum atomic E-state index is 15.6. The van der Waals surface area contributed by atoms with Crippen LogP contribution in [-0.4, -0.2) is 83.1 Å². The first-order valence-electron chi connectivity index (χ1n) is 15.2. The highest BCUT2D eigenvalue weighted by atomic mass is 19.1. The standard InChI is InChI=1S/C33H36F2N8O3/c1-20-17-42(18-26(37)31(20)41(2)32(44)45-3)28-6-9-38-15-21(28)12-29-39-16-23-4-5-27(40-43(23)29)30-24(34)13-22(14-25(30)35)33(19-36)7-10-46-11-8-33/h4-6,9,13-16,20,26,31H,7-8,10-12,17-18,37H2,1-3H3/t20-,26+,31-/m0/s1. The highest BCUT2D eigenvalue weighted by Gasteiger charge is 2.38. The van der Waals surface area contributed by atoms with E-state index < -0.39 is 23.1 Å². The van der Waals surface area contributed by atoms with Crippen LogP contribution in [0.1, 0.15) is 36.7 Å². The van der Waals surface area contributed by atoms with E-state index in [0.29, 0.717) is 62.5 Å². The molecule has 0 spiro atoms. The van der Waals surface area contributed by atoms with Crippen LogP contribution in [0.4, 0.5) is 19.3 Å². The Morgan fingerprint density at radius 3 is 2.61 bits per heavy atom. The van der Waals surface area contributed by atoms with Crippen LogP contribution in [0.2, 0.25) is 0 Å². The highest BCUT2D eigenvalue weighted by Crippen LogP contribution is 2.37. The number of piperidine rings is 1. The van der Waals surface area contributed by atoms with Gasteiger partial charge < -0.3 is 25.0 Å². The first kappa shape index (κ1) is 31.3. The van der Waals surface area contributed by atoms with Crippen molar-refractivity contribution >= 4 is 17.3 Å². The zero-order valence-electron chi connectivity index (χ0n) is 26.0. The number of aromatic nitrogens is 4. The number of ether oxygens (including phenoxy) is 2. The van der Waals surface area contributed by atoms with Crippen LogP contribution in [0, 0.1) is 28.9 Å². The number of amides is 1. The number of rotatable bonds is 6. The molecular formula is C33H36F2N8O3. The number of nitrogens with two attached hydrogens (primary N) is 1. The Morgan fingerprint density at radius 1 is 1.20 bits per heavy atom. The molecule has 0 saturated carbocycles. The number of hydrogen-bond acceptors (Lipinski definition) is 9. The SMILES string of the molecule is COC(=O)N(C)[C@@H]1[C@H](N)CN(c2ccncc2Cc2ncc3ccc(-c4c(F)cc(C5(C#N)CCOCC5)cc4F)nn23)C[C@@H]1C. The van der Waals surface area contributed by atoms with Gasteiger partial charge in [0, 0.05) is 69.5 Å². The van der Waals surface area contributed by atoms with Crippen molar-refractivity contribution < 1.29 is 23.0 Å². The Morgan fingerprint density at radius 2 is 1.93 bits per heavy atom. The molecule has 1 aromatic carbocycles. The van der Waals surface area contributed by atoms with E-state index in [1.165, 1.54) is 19.2 Å². The third-order valence-electron chi connectivity index (χ3n) is 9.30. The Bertz CT molecular complexity index is 1770. The van der Waals surface area contributed by atoms with Crippen molar-refractivity contribution in [3.63, 3.8) is 0 Å². The molecule has 240 valence electrons. The lowest BCUT2D eigenvalue weighted by Crippen LogP contribution is -2.62. The summed E-state index contributed by atoms with van der Waals surface area (Å²) in [7, 11) is 3.05. The Kier molecular flexibility index (Phi) is 8.59. The van der Waals surface area contributed by atoms with Gasteiger partial charge in [-0.3, -0.25) is 4.98 Å². The van der Waals surface area contributed by atoms with E-state index in [9.17, 15) is 10.1 Å². The fourth-order valence-corrected chi connectivity index (χ4v) is 6.95. The molecule has 5 heterocycles. The smallest absolute Gasteiger partial charge is 0.409 e. The molecule has 2 fully saturated rings. The van der Waals surface area contributed by atoms with Gasteiger partial charge in [-0.15, -0.1) is 0 Å². The van der Waals surface area contributed by atoms with Gasteiger partial charge in [-0.1, -0.05) is 6.92 Å². The van der Waals surface area contributed by atoms with Crippen molar-refractivity contribution in [3.8, 4) is 17.3 Å². The summed E-state index contributed by atoms with van der Waals surface area (Å²) in [6.07, 6.45) is 5.80. The van der Waals surface area contributed by atoms with Crippen molar-refractivity contribution in [1.82, 2.24) is 24.5 Å². The number of methoxy groups -OCH3 is 1. The van der Waals surface area contributed by atoms with Gasteiger partial charge in [0.15, 0.2) is 0 Å². The molecule has 11 nitrogen and oxygen atoms in total. The lowest BCUT2D eigenvalue weighted by Gasteiger charge is -2.45. The van der Waals surface area contributed by atoms with Crippen molar-refractivity contribution in [2.24, 2.45) is 11.7 Å². The molecule has 2 N–H and O–H groups in total. The predicted octanol–water partition coefficient (Wildman–Crippen LogP) is 4.08. The summed E-state index contributed by atoms with van der Waals surface area (Å²) in [5.74, 6) is -0.959. The summed E-state index contributed by atoms with van der Waals surface area (Å²) in [6, 6.07) is 9.44. The number of anilines is 1. The number of carbonyl (C=O) groups excluding carboxylic acids is 1. The topological polar surface area (TPSA) is 135 Å². The molecule has 0 bridgehead atoms. The molecule has 0 unspecified atom stereocenters.